The van der Waals surface area contributed by atoms with E-state index in [9.17, 15) is 0 Å². The lowest BCUT2D eigenvalue weighted by Crippen LogP contribution is -2.31. The summed E-state index contributed by atoms with van der Waals surface area (Å²) in [6, 6.07) is 3.48. The summed E-state index contributed by atoms with van der Waals surface area (Å²) in [7, 11) is 0. The van der Waals surface area contributed by atoms with Gasteiger partial charge in [-0.05, 0) is 48.5 Å². The van der Waals surface area contributed by atoms with Crippen LogP contribution in [0.3, 0.4) is 0 Å². The van der Waals surface area contributed by atoms with Crippen LogP contribution in [-0.2, 0) is 0 Å². The quantitative estimate of drug-likeness (QED) is 0.810. The molecule has 0 fully saturated rings. The van der Waals surface area contributed by atoms with Crippen molar-refractivity contribution in [3.63, 3.8) is 0 Å². The van der Waals surface area contributed by atoms with Gasteiger partial charge in [0.05, 0.1) is 10.0 Å². The second-order valence-electron chi connectivity index (χ2n) is 4.64. The van der Waals surface area contributed by atoms with Crippen molar-refractivity contribution in [1.82, 2.24) is 0 Å². The number of halogens is 3. The molecule has 1 rings (SSSR count). The minimum atomic E-state index is 0.154. The topological polar surface area (TPSA) is 52.0 Å². The predicted octanol–water partition coefficient (Wildman–Crippen LogP) is 3.92. The van der Waals surface area contributed by atoms with E-state index < -0.39 is 0 Å². The maximum absolute atomic E-state index is 6.25. The maximum atomic E-state index is 6.25. The van der Waals surface area contributed by atoms with Gasteiger partial charge in [-0.25, -0.2) is 0 Å². The molecule has 0 aromatic heterocycles. The first-order chi connectivity index (χ1) is 8.43. The van der Waals surface area contributed by atoms with Crippen LogP contribution in [0.4, 0.5) is 0 Å². The summed E-state index contributed by atoms with van der Waals surface area (Å²) >= 11 is 18.5. The molecule has 1 aromatic rings. The van der Waals surface area contributed by atoms with Gasteiger partial charge in [0.15, 0.2) is 0 Å². The van der Waals surface area contributed by atoms with Crippen LogP contribution in [-0.4, -0.2) is 13.1 Å². The molecule has 18 heavy (non-hydrogen) atoms. The molecule has 2 unspecified atom stereocenters. The Morgan fingerprint density at radius 1 is 1.00 bits per heavy atom. The van der Waals surface area contributed by atoms with Gasteiger partial charge in [-0.15, -0.1) is 0 Å². The minimum Gasteiger partial charge on any atom is -0.330 e. The van der Waals surface area contributed by atoms with Crippen LogP contribution in [0.5, 0.6) is 0 Å². The molecule has 2 atom stereocenters. The average molecular weight is 310 g/mol. The van der Waals surface area contributed by atoms with Crippen molar-refractivity contribution in [3.05, 3.63) is 32.8 Å². The van der Waals surface area contributed by atoms with Gasteiger partial charge in [0, 0.05) is 5.02 Å². The number of rotatable bonds is 5. The summed E-state index contributed by atoms with van der Waals surface area (Å²) in [6.45, 7) is 5.30. The van der Waals surface area contributed by atoms with Gasteiger partial charge in [-0.2, -0.15) is 0 Å². The van der Waals surface area contributed by atoms with Crippen molar-refractivity contribution in [2.45, 2.75) is 19.8 Å². The highest BCUT2D eigenvalue weighted by Gasteiger charge is 2.26. The molecule has 5 heteroatoms. The normalized spacial score (nSPS) is 14.9. The molecule has 2 nitrogen and oxygen atoms in total. The second-order valence-corrected chi connectivity index (χ2v) is 5.83. The van der Waals surface area contributed by atoms with Crippen molar-refractivity contribution < 1.29 is 0 Å². The Morgan fingerprint density at radius 2 is 1.50 bits per heavy atom. The van der Waals surface area contributed by atoms with Crippen LogP contribution in [0.1, 0.15) is 25.3 Å². The summed E-state index contributed by atoms with van der Waals surface area (Å²) in [6.07, 6.45) is 0. The van der Waals surface area contributed by atoms with E-state index in [1.165, 1.54) is 0 Å². The summed E-state index contributed by atoms with van der Waals surface area (Å²) in [5.41, 5.74) is 12.3. The molecule has 4 N–H and O–H groups in total. The molecule has 0 heterocycles. The number of benzene rings is 1. The first-order valence-corrected chi connectivity index (χ1v) is 7.10. The van der Waals surface area contributed by atoms with Gasteiger partial charge >= 0.3 is 0 Å². The van der Waals surface area contributed by atoms with E-state index in [-0.39, 0.29) is 17.8 Å². The molecule has 102 valence electrons. The van der Waals surface area contributed by atoms with E-state index >= 15 is 0 Å². The first kappa shape index (κ1) is 16.1. The van der Waals surface area contributed by atoms with E-state index in [0.29, 0.717) is 28.2 Å². The molecule has 1 aromatic carbocycles. The molecule has 0 spiro atoms. The molecular weight excluding hydrogens is 291 g/mol. The fraction of sp³-hybridized carbons (Fsp3) is 0.538. The average Bonchev–Trinajstić information content (AvgIpc) is 2.35. The summed E-state index contributed by atoms with van der Waals surface area (Å²) in [4.78, 5) is 0. The minimum absolute atomic E-state index is 0.154. The number of nitrogens with two attached hydrogens (primary N) is 2. The maximum Gasteiger partial charge on any atom is 0.0641 e. The van der Waals surface area contributed by atoms with Crippen LogP contribution < -0.4 is 11.5 Å². The van der Waals surface area contributed by atoms with E-state index in [1.807, 2.05) is 0 Å². The van der Waals surface area contributed by atoms with Crippen molar-refractivity contribution in [1.29, 1.82) is 0 Å². The highest BCUT2D eigenvalue weighted by molar-refractivity contribution is 6.44. The molecule has 0 saturated heterocycles. The van der Waals surface area contributed by atoms with Crippen molar-refractivity contribution >= 4 is 34.8 Å². The lowest BCUT2D eigenvalue weighted by Gasteiger charge is -2.28. The standard InChI is InChI=1S/C13H19Cl3N2/c1-7(9(5-17)6-18)8(2)12-10(14)3-4-11(15)13(12)16/h3-4,7-9H,5-6,17-18H2,1-2H3. The largest absolute Gasteiger partial charge is 0.330 e. The molecule has 0 aliphatic carbocycles. The van der Waals surface area contributed by atoms with Crippen molar-refractivity contribution in [2.75, 3.05) is 13.1 Å². The van der Waals surface area contributed by atoms with E-state index in [0.717, 1.165) is 5.56 Å². The predicted molar refractivity (Wildman–Crippen MR) is 80.6 cm³/mol. The Kier molecular flexibility index (Phi) is 6.22. The van der Waals surface area contributed by atoms with E-state index in [4.69, 9.17) is 46.3 Å². The Morgan fingerprint density at radius 3 is 2.00 bits per heavy atom. The second kappa shape index (κ2) is 6.97. The zero-order valence-electron chi connectivity index (χ0n) is 10.6. The Bertz CT molecular complexity index is 405. The zero-order chi connectivity index (χ0) is 13.9. The number of hydrogen-bond acceptors (Lipinski definition) is 2. The van der Waals surface area contributed by atoms with Crippen molar-refractivity contribution in [2.24, 2.45) is 23.3 Å². The third-order valence-corrected chi connectivity index (χ3v) is 4.82. The van der Waals surface area contributed by atoms with Gasteiger partial charge in [0.1, 0.15) is 0 Å². The highest BCUT2D eigenvalue weighted by Crippen LogP contribution is 2.40. The van der Waals surface area contributed by atoms with Crippen LogP contribution in [0.15, 0.2) is 12.1 Å². The monoisotopic (exact) mass is 308 g/mol. The fourth-order valence-corrected chi connectivity index (χ4v) is 3.04. The summed E-state index contributed by atoms with van der Waals surface area (Å²) in [5.74, 6) is 0.681. The lowest BCUT2D eigenvalue weighted by atomic mass is 9.80. The van der Waals surface area contributed by atoms with Crippen LogP contribution in [0, 0.1) is 11.8 Å². The Hall–Kier alpha value is 0.01000. The smallest absolute Gasteiger partial charge is 0.0641 e. The fourth-order valence-electron chi connectivity index (χ4n) is 2.16. The van der Waals surface area contributed by atoms with Gasteiger partial charge in [0.25, 0.3) is 0 Å². The molecule has 0 saturated carbocycles. The van der Waals surface area contributed by atoms with Crippen molar-refractivity contribution in [3.8, 4) is 0 Å². The molecule has 0 bridgehead atoms. The Balaban J connectivity index is 3.10. The lowest BCUT2D eigenvalue weighted by molar-refractivity contribution is 0.328. The van der Waals surface area contributed by atoms with Gasteiger partial charge < -0.3 is 11.5 Å². The van der Waals surface area contributed by atoms with Gasteiger partial charge in [-0.1, -0.05) is 48.7 Å². The van der Waals surface area contributed by atoms with E-state index in [1.54, 1.807) is 12.1 Å². The van der Waals surface area contributed by atoms with Gasteiger partial charge in [-0.3, -0.25) is 0 Å². The third kappa shape index (κ3) is 3.31. The summed E-state index contributed by atoms with van der Waals surface area (Å²) in [5, 5.41) is 1.68. The molecule has 0 radical (unpaired) electrons. The summed E-state index contributed by atoms with van der Waals surface area (Å²) < 4.78 is 0. The van der Waals surface area contributed by atoms with Crippen LogP contribution in [0.2, 0.25) is 15.1 Å². The third-order valence-electron chi connectivity index (χ3n) is 3.67. The number of hydrogen-bond donors (Lipinski definition) is 2. The highest BCUT2D eigenvalue weighted by atomic mass is 35.5. The van der Waals surface area contributed by atoms with Gasteiger partial charge in [0.2, 0.25) is 0 Å². The first-order valence-electron chi connectivity index (χ1n) is 5.97. The molecular formula is C13H19Cl3N2. The zero-order valence-corrected chi connectivity index (χ0v) is 12.9. The Labute approximate surface area is 124 Å². The molecule has 0 aliphatic heterocycles. The van der Waals surface area contributed by atoms with Crippen LogP contribution in [0.25, 0.3) is 0 Å². The molecule has 0 aliphatic rings. The van der Waals surface area contributed by atoms with E-state index in [2.05, 4.69) is 13.8 Å². The molecule has 0 amide bonds. The SMILES string of the molecule is CC(c1c(Cl)ccc(Cl)c1Cl)C(C)C(CN)CN. The van der Waals surface area contributed by atoms with Crippen LogP contribution >= 0.6 is 34.8 Å².